The lowest BCUT2D eigenvalue weighted by Crippen LogP contribution is -2.49. The van der Waals surface area contributed by atoms with E-state index in [0.717, 1.165) is 49.9 Å². The molecular weight excluding hydrogens is 736 g/mol. The fourth-order valence-electron chi connectivity index (χ4n) is 5.42. The number of ether oxygens (including phenoxy) is 1. The molecule has 2 saturated heterocycles. The number of amides is 1. The summed E-state index contributed by atoms with van der Waals surface area (Å²) in [5.74, 6) is -4.23. The fraction of sp³-hybridized carbons (Fsp3) is 0.375. The summed E-state index contributed by atoms with van der Waals surface area (Å²) in [6.07, 6.45) is -5.46. The number of hydrogen-bond acceptors (Lipinski definition) is 8. The van der Waals surface area contributed by atoms with E-state index >= 15 is 0 Å². The van der Waals surface area contributed by atoms with Crippen molar-refractivity contribution in [3.05, 3.63) is 68.7 Å². The van der Waals surface area contributed by atoms with Crippen molar-refractivity contribution in [1.29, 1.82) is 0 Å². The smallest absolute Gasteiger partial charge is 0.475 e. The van der Waals surface area contributed by atoms with Crippen molar-refractivity contribution < 1.29 is 50.2 Å². The minimum absolute atomic E-state index is 0.118. The van der Waals surface area contributed by atoms with E-state index in [9.17, 15) is 35.5 Å². The van der Waals surface area contributed by atoms with Crippen LogP contribution in [0.2, 0.25) is 10.0 Å². The summed E-state index contributed by atoms with van der Waals surface area (Å²) in [6.45, 7) is 8.88. The van der Waals surface area contributed by atoms with Crippen LogP contribution in [-0.4, -0.2) is 97.7 Å². The molecular formula is C32H31Cl2F7N6O4. The number of nitrogens with one attached hydrogen (secondary N) is 1. The van der Waals surface area contributed by atoms with Crippen molar-refractivity contribution >= 4 is 68.7 Å². The second-order valence-electron chi connectivity index (χ2n) is 11.3. The first-order valence-electron chi connectivity index (χ1n) is 15.2. The van der Waals surface area contributed by atoms with Gasteiger partial charge in [0, 0.05) is 87.8 Å². The summed E-state index contributed by atoms with van der Waals surface area (Å²) in [5.41, 5.74) is 1.79. The number of alkyl halides is 3. The number of anilines is 2. The molecule has 2 fully saturated rings. The van der Waals surface area contributed by atoms with Crippen molar-refractivity contribution in [3.8, 4) is 0 Å². The largest absolute Gasteiger partial charge is 0.490 e. The molecule has 2 aliphatic rings. The number of fused-ring (bicyclic) bond motifs is 2. The van der Waals surface area contributed by atoms with Gasteiger partial charge in [-0.05, 0) is 13.8 Å². The molecule has 10 nitrogen and oxygen atoms in total. The maximum atomic E-state index is 14.0. The first-order valence-corrected chi connectivity index (χ1v) is 15.9. The molecule has 51 heavy (non-hydrogen) atoms. The molecule has 2 N–H and O–H groups in total. The lowest BCUT2D eigenvalue weighted by Gasteiger charge is -2.35. The van der Waals surface area contributed by atoms with Gasteiger partial charge in [0.15, 0.2) is 0 Å². The molecule has 1 amide bonds. The Labute approximate surface area is 296 Å². The molecule has 0 bridgehead atoms. The van der Waals surface area contributed by atoms with Crippen molar-refractivity contribution in [2.24, 2.45) is 0 Å². The van der Waals surface area contributed by atoms with Gasteiger partial charge < -0.3 is 29.9 Å². The molecule has 2 aliphatic heterocycles. The number of piperazine rings is 2. The SMILES string of the molecule is COC(=O)N1CCN(c2nc3cc(F)cc(F)c3c(Cl)c2C)CC1.Cc1c(N2CCNCC2)nc2cc(F)cc(F)c2c1Cl.O=C(O)C(F)(F)F. The number of halogens is 9. The third-order valence-electron chi connectivity index (χ3n) is 7.96. The molecule has 2 aromatic heterocycles. The molecule has 0 unspecified atom stereocenters. The Morgan fingerprint density at radius 3 is 1.53 bits per heavy atom. The highest BCUT2D eigenvalue weighted by atomic mass is 35.5. The van der Waals surface area contributed by atoms with Crippen LogP contribution in [0.5, 0.6) is 0 Å². The van der Waals surface area contributed by atoms with Crippen LogP contribution in [0.25, 0.3) is 21.8 Å². The summed E-state index contributed by atoms with van der Waals surface area (Å²) in [4.78, 5) is 34.9. The van der Waals surface area contributed by atoms with Gasteiger partial charge in [-0.15, -0.1) is 0 Å². The normalized spacial score (nSPS) is 14.9. The van der Waals surface area contributed by atoms with Gasteiger partial charge in [0.1, 0.15) is 34.9 Å². The van der Waals surface area contributed by atoms with Gasteiger partial charge in [-0.3, -0.25) is 0 Å². The maximum Gasteiger partial charge on any atom is 0.490 e. The van der Waals surface area contributed by atoms with Gasteiger partial charge in [-0.25, -0.2) is 37.1 Å². The quantitative estimate of drug-likeness (QED) is 0.211. The van der Waals surface area contributed by atoms with Gasteiger partial charge >= 0.3 is 18.2 Å². The number of hydrogen-bond donors (Lipinski definition) is 2. The summed E-state index contributed by atoms with van der Waals surface area (Å²) >= 11 is 12.6. The van der Waals surface area contributed by atoms with Crippen LogP contribution in [0.1, 0.15) is 11.1 Å². The second kappa shape index (κ2) is 16.3. The molecule has 0 saturated carbocycles. The van der Waals surface area contributed by atoms with E-state index in [1.54, 1.807) is 11.8 Å². The monoisotopic (exact) mass is 766 g/mol. The van der Waals surface area contributed by atoms with Crippen LogP contribution in [-0.2, 0) is 9.53 Å². The minimum atomic E-state index is -5.08. The lowest BCUT2D eigenvalue weighted by molar-refractivity contribution is -0.192. The topological polar surface area (TPSA) is 111 Å². The Morgan fingerprint density at radius 1 is 0.765 bits per heavy atom. The van der Waals surface area contributed by atoms with Crippen LogP contribution in [0.3, 0.4) is 0 Å². The Hall–Kier alpha value is -4.35. The maximum absolute atomic E-state index is 14.0. The lowest BCUT2D eigenvalue weighted by atomic mass is 10.1. The molecule has 276 valence electrons. The Kier molecular flexibility index (Phi) is 12.6. The first kappa shape index (κ1) is 39.4. The van der Waals surface area contributed by atoms with Gasteiger partial charge in [0.05, 0.1) is 39.0 Å². The Morgan fingerprint density at radius 2 is 1.16 bits per heavy atom. The van der Waals surface area contributed by atoms with Gasteiger partial charge in [0.25, 0.3) is 0 Å². The van der Waals surface area contributed by atoms with E-state index in [2.05, 4.69) is 20.2 Å². The minimum Gasteiger partial charge on any atom is -0.475 e. The van der Waals surface area contributed by atoms with E-state index in [0.29, 0.717) is 48.4 Å². The van der Waals surface area contributed by atoms with Gasteiger partial charge in [-0.1, -0.05) is 23.2 Å². The molecule has 0 atom stereocenters. The second-order valence-corrected chi connectivity index (χ2v) is 12.1. The third kappa shape index (κ3) is 9.12. The van der Waals surface area contributed by atoms with E-state index in [4.69, 9.17) is 37.8 Å². The highest BCUT2D eigenvalue weighted by Gasteiger charge is 2.38. The fourth-order valence-corrected chi connectivity index (χ4v) is 5.96. The number of aliphatic carboxylic acids is 1. The average Bonchev–Trinajstić information content (AvgIpc) is 3.07. The zero-order valence-electron chi connectivity index (χ0n) is 27.3. The molecule has 0 radical (unpaired) electrons. The zero-order chi connectivity index (χ0) is 37.8. The highest BCUT2D eigenvalue weighted by molar-refractivity contribution is 6.37. The summed E-state index contributed by atoms with van der Waals surface area (Å²) in [5, 5.41) is 11.2. The van der Waals surface area contributed by atoms with Crippen molar-refractivity contribution in [2.45, 2.75) is 20.0 Å². The van der Waals surface area contributed by atoms with E-state index in [1.807, 2.05) is 11.8 Å². The number of rotatable bonds is 2. The number of carboxylic acids is 1. The number of carbonyl (C=O) groups is 2. The molecule has 4 heterocycles. The van der Waals surface area contributed by atoms with Crippen molar-refractivity contribution in [3.63, 3.8) is 0 Å². The summed E-state index contributed by atoms with van der Waals surface area (Å²) in [7, 11) is 1.34. The third-order valence-corrected chi connectivity index (χ3v) is 8.91. The Bertz CT molecular complexity index is 1940. The number of methoxy groups -OCH3 is 1. The van der Waals surface area contributed by atoms with Crippen LogP contribution >= 0.6 is 23.2 Å². The van der Waals surface area contributed by atoms with Crippen molar-refractivity contribution in [2.75, 3.05) is 69.3 Å². The number of benzene rings is 2. The van der Waals surface area contributed by atoms with E-state index < -0.39 is 35.4 Å². The van der Waals surface area contributed by atoms with Gasteiger partial charge in [-0.2, -0.15) is 13.2 Å². The molecule has 4 aromatic rings. The van der Waals surface area contributed by atoms with Crippen LogP contribution in [0.15, 0.2) is 24.3 Å². The molecule has 6 rings (SSSR count). The van der Waals surface area contributed by atoms with Crippen LogP contribution < -0.4 is 15.1 Å². The number of carbonyl (C=O) groups excluding carboxylic acids is 1. The summed E-state index contributed by atoms with van der Waals surface area (Å²) < 4.78 is 91.2. The standard InChI is InChI=1S/C16H16ClF2N3O2.C14H14ClF2N3.C2HF3O2/c1-9-14(17)13-11(19)7-10(18)8-12(13)20-15(9)21-3-5-22(6-4-21)16(23)24-2;1-8-13(15)12-10(17)6-9(16)7-11(12)19-14(8)20-4-2-18-3-5-20;3-2(4,5)1(6)7/h7-8H,3-6H2,1-2H3;6-7,18H,2-5H2,1H3;(H,6,7). The van der Waals surface area contributed by atoms with Gasteiger partial charge in [0.2, 0.25) is 0 Å². The number of carboxylic acid groups (broad SMARTS) is 1. The molecule has 2 aromatic carbocycles. The molecule has 19 heteroatoms. The summed E-state index contributed by atoms with van der Waals surface area (Å²) in [6, 6.07) is 4.01. The van der Waals surface area contributed by atoms with E-state index in [-0.39, 0.29) is 32.9 Å². The molecule has 0 spiro atoms. The number of aromatic nitrogens is 2. The number of nitrogens with zero attached hydrogens (tertiary/aromatic N) is 5. The average molecular weight is 768 g/mol. The zero-order valence-corrected chi connectivity index (χ0v) is 28.8. The van der Waals surface area contributed by atoms with Crippen LogP contribution in [0.4, 0.5) is 47.2 Å². The predicted molar refractivity (Wildman–Crippen MR) is 178 cm³/mol. The van der Waals surface area contributed by atoms with Crippen LogP contribution in [0, 0.1) is 37.1 Å². The predicted octanol–water partition coefficient (Wildman–Crippen LogP) is 6.88. The molecule has 0 aliphatic carbocycles. The number of pyridine rings is 2. The Balaban J connectivity index is 0.000000195. The van der Waals surface area contributed by atoms with Crippen molar-refractivity contribution in [1.82, 2.24) is 20.2 Å². The highest BCUT2D eigenvalue weighted by Crippen LogP contribution is 2.36. The van der Waals surface area contributed by atoms with E-state index in [1.165, 1.54) is 13.2 Å². The first-order chi connectivity index (χ1) is 23.9.